The monoisotopic (exact) mass is 453 g/mol. The number of likely N-dealkylation sites (tertiary alicyclic amines) is 1. The van der Waals surface area contributed by atoms with Crippen LogP contribution in [0.2, 0.25) is 0 Å². The number of ether oxygens (including phenoxy) is 2. The molecule has 1 spiro atoms. The molecule has 2 amide bonds. The van der Waals surface area contributed by atoms with E-state index in [2.05, 4.69) is 5.32 Å². The molecule has 1 unspecified atom stereocenters. The number of nitrogens with zero attached hydrogens (tertiary/aromatic N) is 2. The second-order valence-corrected chi connectivity index (χ2v) is 9.31. The molecule has 3 aliphatic rings. The van der Waals surface area contributed by atoms with Gasteiger partial charge < -0.3 is 19.3 Å². The average Bonchev–Trinajstić information content (AvgIpc) is 3.39. The van der Waals surface area contributed by atoms with Crippen molar-refractivity contribution in [3.8, 4) is 11.5 Å². The molecule has 3 aliphatic heterocycles. The Labute approximate surface area is 192 Å². The lowest BCUT2D eigenvalue weighted by atomic mass is 9.94. The summed E-state index contributed by atoms with van der Waals surface area (Å²) < 4.78 is 24.1. The van der Waals surface area contributed by atoms with E-state index in [4.69, 9.17) is 9.47 Å². The van der Waals surface area contributed by atoms with Crippen molar-refractivity contribution in [2.75, 3.05) is 19.9 Å². The van der Waals surface area contributed by atoms with E-state index in [1.165, 1.54) is 12.1 Å². The molecule has 2 fully saturated rings. The van der Waals surface area contributed by atoms with Gasteiger partial charge in [-0.15, -0.1) is 0 Å². The van der Waals surface area contributed by atoms with Gasteiger partial charge in [0.1, 0.15) is 5.82 Å². The SMILES string of the molecule is CC(C)C1NC2(CCN(C(=O)c3ccc4c(c3)OCO4)CC2)N(Cc2ccc(F)cc2)C1=O. The Morgan fingerprint density at radius 1 is 1.12 bits per heavy atom. The fourth-order valence-corrected chi connectivity index (χ4v) is 4.97. The number of hydrogen-bond acceptors (Lipinski definition) is 5. The molecule has 33 heavy (non-hydrogen) atoms. The lowest BCUT2D eigenvalue weighted by molar-refractivity contribution is -0.134. The van der Waals surface area contributed by atoms with Crippen molar-refractivity contribution >= 4 is 11.8 Å². The summed E-state index contributed by atoms with van der Waals surface area (Å²) >= 11 is 0. The Hall–Kier alpha value is -3.13. The lowest BCUT2D eigenvalue weighted by Gasteiger charge is -2.44. The first kappa shape index (κ1) is 21.7. The van der Waals surface area contributed by atoms with E-state index < -0.39 is 5.66 Å². The maximum atomic E-state index is 13.4. The molecule has 2 aromatic carbocycles. The predicted molar refractivity (Wildman–Crippen MR) is 119 cm³/mol. The third-order valence-corrected chi connectivity index (χ3v) is 6.89. The first-order chi connectivity index (χ1) is 15.9. The van der Waals surface area contributed by atoms with Crippen LogP contribution in [-0.4, -0.2) is 53.2 Å². The molecule has 5 rings (SSSR count). The van der Waals surface area contributed by atoms with Gasteiger partial charge in [0.25, 0.3) is 5.91 Å². The Balaban J connectivity index is 1.33. The van der Waals surface area contributed by atoms with Gasteiger partial charge in [-0.1, -0.05) is 26.0 Å². The summed E-state index contributed by atoms with van der Waals surface area (Å²) in [6.07, 6.45) is 1.25. The number of rotatable bonds is 4. The van der Waals surface area contributed by atoms with E-state index in [0.717, 1.165) is 5.56 Å². The zero-order chi connectivity index (χ0) is 23.2. The molecule has 2 saturated heterocycles. The normalized spacial score (nSPS) is 21.3. The molecule has 0 aromatic heterocycles. The quantitative estimate of drug-likeness (QED) is 0.770. The minimum Gasteiger partial charge on any atom is -0.454 e. The third-order valence-electron chi connectivity index (χ3n) is 6.89. The lowest BCUT2D eigenvalue weighted by Crippen LogP contribution is -2.59. The molecule has 174 valence electrons. The second-order valence-electron chi connectivity index (χ2n) is 9.31. The zero-order valence-corrected chi connectivity index (χ0v) is 18.8. The first-order valence-electron chi connectivity index (χ1n) is 11.4. The number of nitrogens with one attached hydrogen (secondary N) is 1. The average molecular weight is 454 g/mol. The molecule has 0 aliphatic carbocycles. The van der Waals surface area contributed by atoms with Gasteiger partial charge in [0, 0.05) is 38.0 Å². The van der Waals surface area contributed by atoms with E-state index in [0.29, 0.717) is 49.5 Å². The molecule has 2 aromatic rings. The summed E-state index contributed by atoms with van der Waals surface area (Å²) in [4.78, 5) is 30.2. The molecule has 7 nitrogen and oxygen atoms in total. The van der Waals surface area contributed by atoms with Crippen LogP contribution in [0, 0.1) is 11.7 Å². The van der Waals surface area contributed by atoms with E-state index in [1.807, 2.05) is 23.6 Å². The minimum absolute atomic E-state index is 0.0574. The van der Waals surface area contributed by atoms with E-state index in [-0.39, 0.29) is 36.4 Å². The molecule has 0 radical (unpaired) electrons. The van der Waals surface area contributed by atoms with E-state index >= 15 is 0 Å². The topological polar surface area (TPSA) is 71.1 Å². The van der Waals surface area contributed by atoms with Crippen LogP contribution in [0.4, 0.5) is 4.39 Å². The number of amides is 2. The van der Waals surface area contributed by atoms with Gasteiger partial charge in [0.05, 0.1) is 11.7 Å². The largest absolute Gasteiger partial charge is 0.454 e. The van der Waals surface area contributed by atoms with Gasteiger partial charge in [-0.05, 0) is 41.8 Å². The fraction of sp³-hybridized carbons (Fsp3) is 0.440. The molecule has 1 N–H and O–H groups in total. The third kappa shape index (κ3) is 3.93. The van der Waals surface area contributed by atoms with Crippen LogP contribution in [0.3, 0.4) is 0 Å². The van der Waals surface area contributed by atoms with Crippen LogP contribution < -0.4 is 14.8 Å². The van der Waals surface area contributed by atoms with Crippen molar-refractivity contribution in [2.45, 2.75) is 44.9 Å². The van der Waals surface area contributed by atoms with Crippen molar-refractivity contribution in [3.63, 3.8) is 0 Å². The van der Waals surface area contributed by atoms with Crippen molar-refractivity contribution in [1.82, 2.24) is 15.1 Å². The number of hydrogen-bond donors (Lipinski definition) is 1. The second kappa shape index (κ2) is 8.33. The summed E-state index contributed by atoms with van der Waals surface area (Å²) in [5.41, 5.74) is 0.926. The molecule has 0 bridgehead atoms. The van der Waals surface area contributed by atoms with Gasteiger partial charge in [-0.3, -0.25) is 14.9 Å². The zero-order valence-electron chi connectivity index (χ0n) is 18.8. The van der Waals surface area contributed by atoms with Crippen LogP contribution in [0.15, 0.2) is 42.5 Å². The summed E-state index contributed by atoms with van der Waals surface area (Å²) in [6, 6.07) is 11.2. The van der Waals surface area contributed by atoms with Gasteiger partial charge in [0.15, 0.2) is 11.5 Å². The van der Waals surface area contributed by atoms with Crippen molar-refractivity contribution in [1.29, 1.82) is 0 Å². The highest BCUT2D eigenvalue weighted by molar-refractivity contribution is 5.95. The number of carbonyl (C=O) groups excluding carboxylic acids is 2. The molecule has 3 heterocycles. The van der Waals surface area contributed by atoms with Crippen LogP contribution in [0.1, 0.15) is 42.6 Å². The van der Waals surface area contributed by atoms with E-state index in [9.17, 15) is 14.0 Å². The van der Waals surface area contributed by atoms with Gasteiger partial charge in [0.2, 0.25) is 12.7 Å². The van der Waals surface area contributed by atoms with Crippen LogP contribution in [-0.2, 0) is 11.3 Å². The Morgan fingerprint density at radius 3 is 2.52 bits per heavy atom. The molecular weight excluding hydrogens is 425 g/mol. The molecule has 8 heteroatoms. The van der Waals surface area contributed by atoms with Crippen LogP contribution in [0.25, 0.3) is 0 Å². The van der Waals surface area contributed by atoms with Crippen molar-refractivity contribution in [3.05, 3.63) is 59.4 Å². The Bertz CT molecular complexity index is 1060. The highest BCUT2D eigenvalue weighted by atomic mass is 19.1. The molecular formula is C25H28FN3O4. The Morgan fingerprint density at radius 2 is 1.82 bits per heavy atom. The van der Waals surface area contributed by atoms with Gasteiger partial charge in [-0.2, -0.15) is 0 Å². The van der Waals surface area contributed by atoms with Crippen LogP contribution >= 0.6 is 0 Å². The fourth-order valence-electron chi connectivity index (χ4n) is 4.97. The van der Waals surface area contributed by atoms with E-state index in [1.54, 1.807) is 30.3 Å². The highest BCUT2D eigenvalue weighted by Gasteiger charge is 2.52. The summed E-state index contributed by atoms with van der Waals surface area (Å²) in [5, 5.41) is 3.60. The summed E-state index contributed by atoms with van der Waals surface area (Å²) in [6.45, 7) is 5.69. The maximum absolute atomic E-state index is 13.4. The highest BCUT2D eigenvalue weighted by Crippen LogP contribution is 2.37. The van der Waals surface area contributed by atoms with Gasteiger partial charge >= 0.3 is 0 Å². The van der Waals surface area contributed by atoms with Crippen LogP contribution in [0.5, 0.6) is 11.5 Å². The Kier molecular flexibility index (Phi) is 5.48. The molecule has 1 atom stereocenters. The minimum atomic E-state index is -0.522. The van der Waals surface area contributed by atoms with Gasteiger partial charge in [-0.25, -0.2) is 4.39 Å². The standard InChI is InChI=1S/C25H28FN3O4/c1-16(2)22-24(31)29(14-17-3-6-19(26)7-4-17)25(27-22)9-11-28(12-10-25)23(30)18-5-8-20-21(13-18)33-15-32-20/h3-8,13,16,22,27H,9-12,14-15H2,1-2H3. The number of fused-ring (bicyclic) bond motifs is 1. The molecule has 0 saturated carbocycles. The maximum Gasteiger partial charge on any atom is 0.253 e. The summed E-state index contributed by atoms with van der Waals surface area (Å²) in [7, 11) is 0. The number of halogens is 1. The summed E-state index contributed by atoms with van der Waals surface area (Å²) in [5.74, 6) is 1.08. The number of piperidine rings is 1. The smallest absolute Gasteiger partial charge is 0.253 e. The predicted octanol–water partition coefficient (Wildman–Crippen LogP) is 3.14. The first-order valence-corrected chi connectivity index (χ1v) is 11.4. The number of benzene rings is 2. The van der Waals surface area contributed by atoms with Crippen molar-refractivity contribution < 1.29 is 23.5 Å². The van der Waals surface area contributed by atoms with Crippen molar-refractivity contribution in [2.24, 2.45) is 5.92 Å². The number of carbonyl (C=O) groups is 2.